The van der Waals surface area contributed by atoms with E-state index in [9.17, 15) is 9.59 Å². The summed E-state index contributed by atoms with van der Waals surface area (Å²) in [5, 5.41) is 3.38. The van der Waals surface area contributed by atoms with Crippen LogP contribution in [0.1, 0.15) is 26.7 Å². The molecular formula is C19H26ClN3O3. The Bertz CT molecular complexity index is 819. The molecule has 0 aliphatic carbocycles. The van der Waals surface area contributed by atoms with Gasteiger partial charge in [-0.2, -0.15) is 0 Å². The molecule has 0 saturated carbocycles. The molecule has 6 nitrogen and oxygen atoms in total. The minimum Gasteiger partial charge on any atom is -0.408 e. The number of oxazole rings is 1. The minimum absolute atomic E-state index is 0.0503. The first-order chi connectivity index (χ1) is 12.4. The normalized spacial score (nSPS) is 21.2. The molecule has 1 aromatic carbocycles. The van der Waals surface area contributed by atoms with Crippen LogP contribution in [0.5, 0.6) is 0 Å². The molecule has 1 aliphatic heterocycles. The summed E-state index contributed by atoms with van der Waals surface area (Å²) in [6.07, 6.45) is 2.20. The van der Waals surface area contributed by atoms with E-state index in [1.807, 2.05) is 0 Å². The summed E-state index contributed by atoms with van der Waals surface area (Å²) in [5.74, 6) is 0.741. The van der Waals surface area contributed by atoms with Crippen molar-refractivity contribution >= 4 is 28.6 Å². The first-order valence-electron chi connectivity index (χ1n) is 9.20. The topological polar surface area (TPSA) is 67.5 Å². The van der Waals surface area contributed by atoms with Gasteiger partial charge in [-0.1, -0.05) is 25.4 Å². The second-order valence-electron chi connectivity index (χ2n) is 7.48. The van der Waals surface area contributed by atoms with E-state index in [0.717, 1.165) is 37.9 Å². The van der Waals surface area contributed by atoms with Gasteiger partial charge >= 0.3 is 5.76 Å². The predicted molar refractivity (Wildman–Crippen MR) is 102 cm³/mol. The summed E-state index contributed by atoms with van der Waals surface area (Å²) in [5.41, 5.74) is 0.967. The van der Waals surface area contributed by atoms with Crippen molar-refractivity contribution < 1.29 is 9.21 Å². The van der Waals surface area contributed by atoms with E-state index in [1.165, 1.54) is 11.0 Å². The van der Waals surface area contributed by atoms with Crippen molar-refractivity contribution in [2.24, 2.45) is 11.8 Å². The maximum Gasteiger partial charge on any atom is 0.420 e. The number of amides is 1. The second kappa shape index (κ2) is 8.27. The molecule has 26 heavy (non-hydrogen) atoms. The highest BCUT2D eigenvalue weighted by Gasteiger charge is 2.21. The number of nitrogens with zero attached hydrogens (tertiary/aromatic N) is 2. The van der Waals surface area contributed by atoms with Gasteiger partial charge in [-0.05, 0) is 43.4 Å². The average Bonchev–Trinajstić information content (AvgIpc) is 2.85. The first kappa shape index (κ1) is 19.0. The number of piperidine rings is 1. The molecular weight excluding hydrogens is 354 g/mol. The zero-order valence-electron chi connectivity index (χ0n) is 15.3. The number of rotatable bonds is 6. The molecule has 0 radical (unpaired) electrons. The fourth-order valence-corrected chi connectivity index (χ4v) is 4.06. The smallest absolute Gasteiger partial charge is 0.408 e. The summed E-state index contributed by atoms with van der Waals surface area (Å²) in [4.78, 5) is 26.6. The highest BCUT2D eigenvalue weighted by molar-refractivity contribution is 6.31. The van der Waals surface area contributed by atoms with Crippen LogP contribution >= 0.6 is 11.6 Å². The Morgan fingerprint density at radius 3 is 2.77 bits per heavy atom. The molecule has 2 heterocycles. The highest BCUT2D eigenvalue weighted by Crippen LogP contribution is 2.21. The van der Waals surface area contributed by atoms with Crippen molar-refractivity contribution in [2.45, 2.75) is 33.2 Å². The summed E-state index contributed by atoms with van der Waals surface area (Å²) in [6.45, 7) is 8.41. The molecule has 2 unspecified atom stereocenters. The number of hydrogen-bond donors (Lipinski definition) is 1. The fraction of sp³-hybridized carbons (Fsp3) is 0.579. The van der Waals surface area contributed by atoms with Crippen LogP contribution in [0.3, 0.4) is 0 Å². The second-order valence-corrected chi connectivity index (χ2v) is 7.91. The van der Waals surface area contributed by atoms with Gasteiger partial charge in [0.25, 0.3) is 0 Å². The van der Waals surface area contributed by atoms with Crippen molar-refractivity contribution in [1.29, 1.82) is 0 Å². The Hall–Kier alpha value is -1.79. The van der Waals surface area contributed by atoms with E-state index in [-0.39, 0.29) is 12.5 Å². The van der Waals surface area contributed by atoms with Crippen LogP contribution in [-0.2, 0) is 11.3 Å². The molecule has 1 saturated heterocycles. The van der Waals surface area contributed by atoms with Crippen LogP contribution in [0.4, 0.5) is 0 Å². The van der Waals surface area contributed by atoms with Gasteiger partial charge in [-0.15, -0.1) is 0 Å². The number of aromatic nitrogens is 1. The van der Waals surface area contributed by atoms with Crippen molar-refractivity contribution in [2.75, 3.05) is 26.2 Å². The monoisotopic (exact) mass is 379 g/mol. The molecule has 2 aromatic rings. The highest BCUT2D eigenvalue weighted by atomic mass is 35.5. The third kappa shape index (κ3) is 4.68. The molecule has 0 bridgehead atoms. The lowest BCUT2D eigenvalue weighted by Crippen LogP contribution is -2.40. The maximum absolute atomic E-state index is 12.2. The standard InChI is InChI=1S/C19H26ClN3O3/c1-13-8-14(2)11-22(10-13)7-3-6-21-18(24)12-23-16-5-4-15(20)9-17(16)26-19(23)25/h4-5,9,13-14H,3,6-8,10-12H2,1-2H3,(H,21,24). The molecule has 1 aromatic heterocycles. The molecule has 1 amide bonds. The Labute approximate surface area is 158 Å². The summed E-state index contributed by atoms with van der Waals surface area (Å²) in [7, 11) is 0. The van der Waals surface area contributed by atoms with E-state index >= 15 is 0 Å². The van der Waals surface area contributed by atoms with Crippen molar-refractivity contribution in [3.8, 4) is 0 Å². The van der Waals surface area contributed by atoms with E-state index in [2.05, 4.69) is 24.1 Å². The van der Waals surface area contributed by atoms with Gasteiger partial charge in [-0.25, -0.2) is 4.79 Å². The van der Waals surface area contributed by atoms with Crippen molar-refractivity contribution in [3.63, 3.8) is 0 Å². The van der Waals surface area contributed by atoms with Gasteiger partial charge in [0.15, 0.2) is 5.58 Å². The average molecular weight is 380 g/mol. The molecule has 7 heteroatoms. The van der Waals surface area contributed by atoms with Crippen LogP contribution in [0, 0.1) is 11.8 Å². The predicted octanol–water partition coefficient (Wildman–Crippen LogP) is 2.73. The number of likely N-dealkylation sites (tertiary alicyclic amines) is 1. The molecule has 1 N–H and O–H groups in total. The molecule has 0 spiro atoms. The Balaban J connectivity index is 1.48. The SMILES string of the molecule is CC1CC(C)CN(CCCNC(=O)Cn2c(=O)oc3cc(Cl)ccc32)C1. The number of carbonyl (C=O) groups is 1. The third-order valence-electron chi connectivity index (χ3n) is 4.85. The number of halogens is 1. The summed E-state index contributed by atoms with van der Waals surface area (Å²) >= 11 is 5.90. The quantitative estimate of drug-likeness (QED) is 0.783. The molecule has 2 atom stereocenters. The Kier molecular flexibility index (Phi) is 6.04. The van der Waals surface area contributed by atoms with Crippen LogP contribution in [0.15, 0.2) is 27.4 Å². The minimum atomic E-state index is -0.547. The van der Waals surface area contributed by atoms with Gasteiger partial charge in [0, 0.05) is 30.7 Å². The lowest BCUT2D eigenvalue weighted by atomic mass is 9.92. The number of nitrogens with one attached hydrogen (secondary N) is 1. The molecule has 1 fully saturated rings. The zero-order chi connectivity index (χ0) is 18.7. The van der Waals surface area contributed by atoms with Crippen LogP contribution in [0.2, 0.25) is 5.02 Å². The molecule has 1 aliphatic rings. The van der Waals surface area contributed by atoms with Gasteiger partial charge < -0.3 is 14.6 Å². The summed E-state index contributed by atoms with van der Waals surface area (Å²) in [6, 6.07) is 4.94. The van der Waals surface area contributed by atoms with Gasteiger partial charge in [-0.3, -0.25) is 9.36 Å². The first-order valence-corrected chi connectivity index (χ1v) is 9.58. The lowest BCUT2D eigenvalue weighted by molar-refractivity contribution is -0.121. The van der Waals surface area contributed by atoms with Gasteiger partial charge in [0.05, 0.1) is 5.52 Å². The van der Waals surface area contributed by atoms with Crippen molar-refractivity contribution in [1.82, 2.24) is 14.8 Å². The van der Waals surface area contributed by atoms with Crippen LogP contribution in [-0.4, -0.2) is 41.6 Å². The number of carbonyl (C=O) groups excluding carboxylic acids is 1. The number of benzene rings is 1. The number of fused-ring (bicyclic) bond motifs is 1. The van der Waals surface area contributed by atoms with Gasteiger partial charge in [0.2, 0.25) is 5.91 Å². The Morgan fingerprint density at radius 1 is 1.31 bits per heavy atom. The lowest BCUT2D eigenvalue weighted by Gasteiger charge is -2.34. The molecule has 142 valence electrons. The fourth-order valence-electron chi connectivity index (χ4n) is 3.89. The number of hydrogen-bond acceptors (Lipinski definition) is 4. The van der Waals surface area contributed by atoms with E-state index in [1.54, 1.807) is 18.2 Å². The summed E-state index contributed by atoms with van der Waals surface area (Å²) < 4.78 is 6.47. The largest absolute Gasteiger partial charge is 0.420 e. The Morgan fingerprint density at radius 2 is 2.04 bits per heavy atom. The van der Waals surface area contributed by atoms with Gasteiger partial charge in [0.1, 0.15) is 6.54 Å². The molecule has 3 rings (SSSR count). The third-order valence-corrected chi connectivity index (χ3v) is 5.08. The zero-order valence-corrected chi connectivity index (χ0v) is 16.1. The van der Waals surface area contributed by atoms with E-state index in [4.69, 9.17) is 16.0 Å². The van der Waals surface area contributed by atoms with E-state index in [0.29, 0.717) is 22.7 Å². The maximum atomic E-state index is 12.2. The van der Waals surface area contributed by atoms with E-state index < -0.39 is 5.76 Å². The van der Waals surface area contributed by atoms with Crippen LogP contribution < -0.4 is 11.1 Å². The van der Waals surface area contributed by atoms with Crippen LogP contribution in [0.25, 0.3) is 11.1 Å². The van der Waals surface area contributed by atoms with Crippen molar-refractivity contribution in [3.05, 3.63) is 33.8 Å².